The lowest BCUT2D eigenvalue weighted by molar-refractivity contribution is -0.131. The summed E-state index contributed by atoms with van der Waals surface area (Å²) in [4.78, 5) is 11.7. The molecule has 1 aliphatic rings. The molecule has 0 aliphatic heterocycles. The van der Waals surface area contributed by atoms with Gasteiger partial charge in [-0.15, -0.1) is 0 Å². The number of carbonyl (C=O) groups is 1. The molecule has 0 unspecified atom stereocenters. The Bertz CT molecular complexity index is 218. The van der Waals surface area contributed by atoms with E-state index in [0.29, 0.717) is 12.0 Å². The van der Waals surface area contributed by atoms with E-state index >= 15 is 0 Å². The summed E-state index contributed by atoms with van der Waals surface area (Å²) in [5.74, 6) is 0.726. The quantitative estimate of drug-likeness (QED) is 0.757. The van der Waals surface area contributed by atoms with Crippen LogP contribution in [0.1, 0.15) is 52.4 Å². The van der Waals surface area contributed by atoms with Crippen molar-refractivity contribution in [3.05, 3.63) is 0 Å². The summed E-state index contributed by atoms with van der Waals surface area (Å²) in [7, 11) is 1.58. The second-order valence-corrected chi connectivity index (χ2v) is 4.83. The van der Waals surface area contributed by atoms with Crippen molar-refractivity contribution in [2.45, 2.75) is 64.5 Å². The molecule has 3 nitrogen and oxygen atoms in total. The Balaban J connectivity index is 2.37. The molecule has 0 spiro atoms. The van der Waals surface area contributed by atoms with Crippen LogP contribution in [0.4, 0.5) is 0 Å². The molecule has 0 bridgehead atoms. The predicted octanol–water partition coefficient (Wildman–Crippen LogP) is 2.50. The van der Waals surface area contributed by atoms with E-state index in [2.05, 4.69) is 12.2 Å². The van der Waals surface area contributed by atoms with Crippen molar-refractivity contribution in [3.8, 4) is 0 Å². The SMILES string of the molecule is CCCC[C@@H]1CCC[C@H]1NC(=O)[C@@H](C)OC. The molecule has 0 aromatic rings. The Labute approximate surface area is 98.9 Å². The monoisotopic (exact) mass is 227 g/mol. The van der Waals surface area contributed by atoms with Gasteiger partial charge in [-0.05, 0) is 32.1 Å². The fourth-order valence-electron chi connectivity index (χ4n) is 2.45. The molecule has 0 radical (unpaired) electrons. The number of nitrogens with one attached hydrogen (secondary N) is 1. The van der Waals surface area contributed by atoms with Gasteiger partial charge in [-0.3, -0.25) is 4.79 Å². The van der Waals surface area contributed by atoms with Gasteiger partial charge in [0.2, 0.25) is 5.91 Å². The van der Waals surface area contributed by atoms with E-state index in [-0.39, 0.29) is 12.0 Å². The Morgan fingerprint density at radius 3 is 2.88 bits per heavy atom. The molecule has 1 saturated carbocycles. The lowest BCUT2D eigenvalue weighted by atomic mass is 9.96. The van der Waals surface area contributed by atoms with Crippen LogP contribution in [0.3, 0.4) is 0 Å². The van der Waals surface area contributed by atoms with Gasteiger partial charge in [-0.2, -0.15) is 0 Å². The molecular weight excluding hydrogens is 202 g/mol. The first-order valence-electron chi connectivity index (χ1n) is 6.52. The van der Waals surface area contributed by atoms with E-state index < -0.39 is 0 Å². The van der Waals surface area contributed by atoms with E-state index in [1.165, 1.54) is 32.1 Å². The second kappa shape index (κ2) is 6.89. The third-order valence-corrected chi connectivity index (χ3v) is 3.64. The highest BCUT2D eigenvalue weighted by molar-refractivity contribution is 5.80. The molecule has 94 valence electrons. The summed E-state index contributed by atoms with van der Waals surface area (Å²) in [5.41, 5.74) is 0. The number of unbranched alkanes of at least 4 members (excludes halogenated alkanes) is 1. The van der Waals surface area contributed by atoms with E-state index in [4.69, 9.17) is 4.74 Å². The molecule has 0 saturated heterocycles. The van der Waals surface area contributed by atoms with Crippen LogP contribution in [0.15, 0.2) is 0 Å². The first-order valence-corrected chi connectivity index (χ1v) is 6.52. The summed E-state index contributed by atoms with van der Waals surface area (Å²) in [6.07, 6.45) is 7.10. The molecule has 1 fully saturated rings. The zero-order chi connectivity index (χ0) is 12.0. The first-order chi connectivity index (χ1) is 7.69. The molecule has 16 heavy (non-hydrogen) atoms. The smallest absolute Gasteiger partial charge is 0.249 e. The highest BCUT2D eigenvalue weighted by Gasteiger charge is 2.28. The summed E-state index contributed by atoms with van der Waals surface area (Å²) in [6, 6.07) is 0.386. The van der Waals surface area contributed by atoms with Gasteiger partial charge < -0.3 is 10.1 Å². The summed E-state index contributed by atoms with van der Waals surface area (Å²) in [6.45, 7) is 4.01. The van der Waals surface area contributed by atoms with Crippen LogP contribution in [0.2, 0.25) is 0 Å². The molecule has 1 amide bonds. The van der Waals surface area contributed by atoms with Crippen LogP contribution in [-0.4, -0.2) is 25.2 Å². The van der Waals surface area contributed by atoms with Gasteiger partial charge in [-0.25, -0.2) is 0 Å². The average Bonchev–Trinajstić information content (AvgIpc) is 2.72. The van der Waals surface area contributed by atoms with Gasteiger partial charge in [0.1, 0.15) is 6.10 Å². The van der Waals surface area contributed by atoms with E-state index in [1.54, 1.807) is 14.0 Å². The second-order valence-electron chi connectivity index (χ2n) is 4.83. The van der Waals surface area contributed by atoms with Crippen molar-refractivity contribution in [1.29, 1.82) is 0 Å². The number of rotatable bonds is 6. The predicted molar refractivity (Wildman–Crippen MR) is 65.3 cm³/mol. The van der Waals surface area contributed by atoms with Crippen LogP contribution in [0.25, 0.3) is 0 Å². The maximum absolute atomic E-state index is 11.7. The molecular formula is C13H25NO2. The first kappa shape index (κ1) is 13.5. The minimum absolute atomic E-state index is 0.0379. The summed E-state index contributed by atoms with van der Waals surface area (Å²) < 4.78 is 5.03. The molecule has 1 rings (SSSR count). The summed E-state index contributed by atoms with van der Waals surface area (Å²) in [5, 5.41) is 3.12. The highest BCUT2D eigenvalue weighted by atomic mass is 16.5. The third-order valence-electron chi connectivity index (χ3n) is 3.64. The van der Waals surface area contributed by atoms with Gasteiger partial charge in [0.15, 0.2) is 0 Å². The molecule has 3 heteroatoms. The Hall–Kier alpha value is -0.570. The number of hydrogen-bond acceptors (Lipinski definition) is 2. The van der Waals surface area contributed by atoms with Crippen LogP contribution in [0.5, 0.6) is 0 Å². The van der Waals surface area contributed by atoms with Crippen molar-refractivity contribution in [2.24, 2.45) is 5.92 Å². The zero-order valence-electron chi connectivity index (χ0n) is 10.8. The van der Waals surface area contributed by atoms with Gasteiger partial charge in [0.05, 0.1) is 0 Å². The van der Waals surface area contributed by atoms with Crippen molar-refractivity contribution in [3.63, 3.8) is 0 Å². The van der Waals surface area contributed by atoms with E-state index in [0.717, 1.165) is 6.42 Å². The molecule has 0 aromatic carbocycles. The fraction of sp³-hybridized carbons (Fsp3) is 0.923. The Morgan fingerprint density at radius 2 is 2.25 bits per heavy atom. The average molecular weight is 227 g/mol. The van der Waals surface area contributed by atoms with Gasteiger partial charge in [0, 0.05) is 13.2 Å². The molecule has 0 heterocycles. The number of carbonyl (C=O) groups excluding carboxylic acids is 1. The van der Waals surface area contributed by atoms with Crippen molar-refractivity contribution in [1.82, 2.24) is 5.32 Å². The normalized spacial score (nSPS) is 26.7. The molecule has 3 atom stereocenters. The lowest BCUT2D eigenvalue weighted by Gasteiger charge is -2.22. The van der Waals surface area contributed by atoms with Gasteiger partial charge in [-0.1, -0.05) is 26.2 Å². The minimum atomic E-state index is -0.326. The maximum Gasteiger partial charge on any atom is 0.249 e. The van der Waals surface area contributed by atoms with Gasteiger partial charge in [0.25, 0.3) is 0 Å². The van der Waals surface area contributed by atoms with Crippen molar-refractivity contribution >= 4 is 5.91 Å². The number of hydrogen-bond donors (Lipinski definition) is 1. The Kier molecular flexibility index (Phi) is 5.81. The highest BCUT2D eigenvalue weighted by Crippen LogP contribution is 2.29. The molecule has 0 aromatic heterocycles. The van der Waals surface area contributed by atoms with E-state index in [9.17, 15) is 4.79 Å². The zero-order valence-corrected chi connectivity index (χ0v) is 10.8. The summed E-state index contributed by atoms with van der Waals surface area (Å²) >= 11 is 0. The maximum atomic E-state index is 11.7. The minimum Gasteiger partial charge on any atom is -0.372 e. The fourth-order valence-corrected chi connectivity index (χ4v) is 2.45. The standard InChI is InChI=1S/C13H25NO2/c1-4-5-7-11-8-6-9-12(11)14-13(15)10(2)16-3/h10-12H,4-9H2,1-3H3,(H,14,15)/t10-,11-,12-/m1/s1. The van der Waals surface area contributed by atoms with E-state index in [1.807, 2.05) is 0 Å². The van der Waals surface area contributed by atoms with Crippen molar-refractivity contribution < 1.29 is 9.53 Å². The lowest BCUT2D eigenvalue weighted by Crippen LogP contribution is -2.42. The number of methoxy groups -OCH3 is 1. The largest absolute Gasteiger partial charge is 0.372 e. The van der Waals surface area contributed by atoms with Crippen LogP contribution < -0.4 is 5.32 Å². The van der Waals surface area contributed by atoms with Crippen molar-refractivity contribution in [2.75, 3.05) is 7.11 Å². The van der Waals surface area contributed by atoms with Crippen LogP contribution in [0, 0.1) is 5.92 Å². The van der Waals surface area contributed by atoms with Crippen LogP contribution in [-0.2, 0) is 9.53 Å². The Morgan fingerprint density at radius 1 is 1.50 bits per heavy atom. The molecule has 1 N–H and O–H groups in total. The van der Waals surface area contributed by atoms with Gasteiger partial charge >= 0.3 is 0 Å². The third kappa shape index (κ3) is 3.78. The topological polar surface area (TPSA) is 38.3 Å². The van der Waals surface area contributed by atoms with Crippen LogP contribution >= 0.6 is 0 Å². The number of ether oxygens (including phenoxy) is 1. The molecule has 1 aliphatic carbocycles. The number of amides is 1.